The molecule has 8 heteroatoms. The number of nitrogens with zero attached hydrogens (tertiary/aromatic N) is 4. The number of tetrazole rings is 1. The van der Waals surface area contributed by atoms with Crippen LogP contribution in [-0.4, -0.2) is 48.6 Å². The molecule has 1 saturated carbocycles. The van der Waals surface area contributed by atoms with Crippen molar-refractivity contribution in [1.29, 1.82) is 0 Å². The second-order valence-electron chi connectivity index (χ2n) is 4.49. The highest BCUT2D eigenvalue weighted by molar-refractivity contribution is 7.99. The molecule has 100 valence electrons. The fourth-order valence-corrected chi connectivity index (χ4v) is 3.51. The monoisotopic (exact) mass is 271 g/mol. The lowest BCUT2D eigenvalue weighted by Crippen LogP contribution is -2.50. The Morgan fingerprint density at radius 3 is 3.06 bits per heavy atom. The SMILES string of the molecule is CCNC1(C(=O)O)CCC(Sc2nnnn2C)C1. The molecule has 1 aliphatic rings. The molecule has 0 amide bonds. The van der Waals surface area contributed by atoms with E-state index in [0.29, 0.717) is 19.4 Å². The Morgan fingerprint density at radius 2 is 2.50 bits per heavy atom. The fourth-order valence-electron chi connectivity index (χ4n) is 2.34. The van der Waals surface area contributed by atoms with Gasteiger partial charge in [0.1, 0.15) is 5.54 Å². The Hall–Kier alpha value is -1.15. The summed E-state index contributed by atoms with van der Waals surface area (Å²) in [5, 5.41) is 24.7. The summed E-state index contributed by atoms with van der Waals surface area (Å²) in [6.45, 7) is 2.59. The van der Waals surface area contributed by atoms with E-state index in [1.54, 1.807) is 23.5 Å². The molecule has 0 aromatic carbocycles. The van der Waals surface area contributed by atoms with Crippen LogP contribution in [0.2, 0.25) is 0 Å². The Balaban J connectivity index is 2.03. The molecule has 0 spiro atoms. The van der Waals surface area contributed by atoms with Crippen molar-refractivity contribution in [3.63, 3.8) is 0 Å². The van der Waals surface area contributed by atoms with Crippen LogP contribution in [0.1, 0.15) is 26.2 Å². The first-order chi connectivity index (χ1) is 8.57. The number of rotatable bonds is 5. The van der Waals surface area contributed by atoms with Crippen LogP contribution in [0.25, 0.3) is 0 Å². The van der Waals surface area contributed by atoms with E-state index in [-0.39, 0.29) is 5.25 Å². The minimum atomic E-state index is -0.779. The molecular formula is C10H17N5O2S. The molecule has 1 aromatic heterocycles. The fraction of sp³-hybridized carbons (Fsp3) is 0.800. The average molecular weight is 271 g/mol. The van der Waals surface area contributed by atoms with E-state index >= 15 is 0 Å². The Kier molecular flexibility index (Phi) is 3.86. The number of carbonyl (C=O) groups is 1. The molecule has 0 bridgehead atoms. The third kappa shape index (κ3) is 2.49. The van der Waals surface area contributed by atoms with Crippen molar-refractivity contribution in [2.24, 2.45) is 7.05 Å². The molecule has 0 radical (unpaired) electrons. The molecule has 2 N–H and O–H groups in total. The standard InChI is InChI=1S/C10H17N5O2S/c1-3-11-10(8(16)17)5-4-7(6-10)18-9-12-13-14-15(9)2/h7,11H,3-6H2,1-2H3,(H,16,17). The van der Waals surface area contributed by atoms with Crippen molar-refractivity contribution < 1.29 is 9.90 Å². The summed E-state index contributed by atoms with van der Waals surface area (Å²) in [7, 11) is 1.78. The minimum Gasteiger partial charge on any atom is -0.480 e. The van der Waals surface area contributed by atoms with Gasteiger partial charge in [-0.2, -0.15) is 0 Å². The van der Waals surface area contributed by atoms with E-state index in [1.807, 2.05) is 6.92 Å². The average Bonchev–Trinajstić information content (AvgIpc) is 2.89. The summed E-state index contributed by atoms with van der Waals surface area (Å²) < 4.78 is 1.61. The number of likely N-dealkylation sites (N-methyl/N-ethyl adjacent to an activating group) is 1. The highest BCUT2D eigenvalue weighted by atomic mass is 32.2. The zero-order valence-corrected chi connectivity index (χ0v) is 11.3. The van der Waals surface area contributed by atoms with Gasteiger partial charge in [0.2, 0.25) is 5.16 Å². The van der Waals surface area contributed by atoms with E-state index in [2.05, 4.69) is 20.8 Å². The lowest BCUT2D eigenvalue weighted by atomic mass is 9.98. The molecule has 18 heavy (non-hydrogen) atoms. The summed E-state index contributed by atoms with van der Waals surface area (Å²) in [6.07, 6.45) is 2.11. The molecule has 2 atom stereocenters. The van der Waals surface area contributed by atoms with Gasteiger partial charge in [0.05, 0.1) is 0 Å². The normalized spacial score (nSPS) is 27.6. The predicted octanol–water partition coefficient (Wildman–Crippen LogP) is 0.288. The second kappa shape index (κ2) is 5.23. The summed E-state index contributed by atoms with van der Waals surface area (Å²) in [4.78, 5) is 11.4. The van der Waals surface area contributed by atoms with Crippen molar-refractivity contribution in [1.82, 2.24) is 25.5 Å². The molecule has 2 rings (SSSR count). The molecule has 1 aliphatic carbocycles. The van der Waals surface area contributed by atoms with E-state index in [9.17, 15) is 9.90 Å². The van der Waals surface area contributed by atoms with Crippen molar-refractivity contribution in [2.75, 3.05) is 6.54 Å². The van der Waals surface area contributed by atoms with Crippen molar-refractivity contribution in [3.8, 4) is 0 Å². The smallest absolute Gasteiger partial charge is 0.323 e. The first-order valence-corrected chi connectivity index (χ1v) is 6.83. The topological polar surface area (TPSA) is 92.9 Å². The third-order valence-electron chi connectivity index (χ3n) is 3.25. The number of nitrogens with one attached hydrogen (secondary N) is 1. The van der Waals surface area contributed by atoms with Crippen LogP contribution >= 0.6 is 11.8 Å². The zero-order chi connectivity index (χ0) is 13.2. The molecule has 0 saturated heterocycles. The number of carboxylic acids is 1. The van der Waals surface area contributed by atoms with Gasteiger partial charge in [-0.05, 0) is 36.2 Å². The van der Waals surface area contributed by atoms with Gasteiger partial charge >= 0.3 is 5.97 Å². The Bertz CT molecular complexity index is 438. The summed E-state index contributed by atoms with van der Waals surface area (Å²) in [5.41, 5.74) is -0.779. The quantitative estimate of drug-likeness (QED) is 0.795. The summed E-state index contributed by atoms with van der Waals surface area (Å²) in [5.74, 6) is -0.761. The third-order valence-corrected chi connectivity index (χ3v) is 4.54. The number of carboxylic acid groups (broad SMARTS) is 1. The number of hydrogen-bond donors (Lipinski definition) is 2. The second-order valence-corrected chi connectivity index (χ2v) is 5.75. The van der Waals surface area contributed by atoms with Crippen LogP contribution in [0.5, 0.6) is 0 Å². The lowest BCUT2D eigenvalue weighted by Gasteiger charge is -2.25. The van der Waals surface area contributed by atoms with E-state index in [0.717, 1.165) is 11.6 Å². The van der Waals surface area contributed by atoms with Gasteiger partial charge in [0, 0.05) is 12.3 Å². The van der Waals surface area contributed by atoms with Gasteiger partial charge in [0.15, 0.2) is 0 Å². The van der Waals surface area contributed by atoms with Gasteiger partial charge in [-0.1, -0.05) is 18.7 Å². The first-order valence-electron chi connectivity index (χ1n) is 5.95. The van der Waals surface area contributed by atoms with Crippen LogP contribution in [0.4, 0.5) is 0 Å². The van der Waals surface area contributed by atoms with Gasteiger partial charge < -0.3 is 10.4 Å². The van der Waals surface area contributed by atoms with Crippen molar-refractivity contribution in [2.45, 2.75) is 42.1 Å². The van der Waals surface area contributed by atoms with Crippen LogP contribution in [0.3, 0.4) is 0 Å². The lowest BCUT2D eigenvalue weighted by molar-refractivity contribution is -0.144. The molecule has 7 nitrogen and oxygen atoms in total. The first kappa shape index (κ1) is 13.3. The van der Waals surface area contributed by atoms with E-state index < -0.39 is 11.5 Å². The summed E-state index contributed by atoms with van der Waals surface area (Å²) >= 11 is 1.55. The predicted molar refractivity (Wildman–Crippen MR) is 66.3 cm³/mol. The molecule has 0 aliphatic heterocycles. The van der Waals surface area contributed by atoms with E-state index in [4.69, 9.17) is 0 Å². The molecular weight excluding hydrogens is 254 g/mol. The number of thioether (sulfide) groups is 1. The van der Waals surface area contributed by atoms with Crippen LogP contribution in [-0.2, 0) is 11.8 Å². The maximum Gasteiger partial charge on any atom is 0.323 e. The molecule has 1 aromatic rings. The zero-order valence-electron chi connectivity index (χ0n) is 10.5. The van der Waals surface area contributed by atoms with Crippen LogP contribution in [0.15, 0.2) is 5.16 Å². The van der Waals surface area contributed by atoms with Gasteiger partial charge in [0.25, 0.3) is 0 Å². The number of aliphatic carboxylic acids is 1. The highest BCUT2D eigenvalue weighted by Crippen LogP contribution is 2.39. The van der Waals surface area contributed by atoms with Crippen molar-refractivity contribution >= 4 is 17.7 Å². The maximum absolute atomic E-state index is 11.4. The molecule has 1 heterocycles. The largest absolute Gasteiger partial charge is 0.480 e. The Morgan fingerprint density at radius 1 is 1.72 bits per heavy atom. The Labute approximate surface area is 109 Å². The molecule has 1 fully saturated rings. The molecule has 2 unspecified atom stereocenters. The summed E-state index contributed by atoms with van der Waals surface area (Å²) in [6, 6.07) is 0. The number of aryl methyl sites for hydroxylation is 1. The van der Waals surface area contributed by atoms with Crippen LogP contribution in [0, 0.1) is 0 Å². The maximum atomic E-state index is 11.4. The van der Waals surface area contributed by atoms with E-state index in [1.165, 1.54) is 0 Å². The number of hydrogen-bond acceptors (Lipinski definition) is 6. The minimum absolute atomic E-state index is 0.241. The van der Waals surface area contributed by atoms with Gasteiger partial charge in [-0.15, -0.1) is 5.10 Å². The van der Waals surface area contributed by atoms with Gasteiger partial charge in [-0.25, -0.2) is 4.68 Å². The highest BCUT2D eigenvalue weighted by Gasteiger charge is 2.45. The van der Waals surface area contributed by atoms with Crippen molar-refractivity contribution in [3.05, 3.63) is 0 Å². The van der Waals surface area contributed by atoms with Gasteiger partial charge in [-0.3, -0.25) is 4.79 Å². The van der Waals surface area contributed by atoms with Crippen LogP contribution < -0.4 is 5.32 Å². The number of aromatic nitrogens is 4.